The Balaban J connectivity index is 2.16. The van der Waals surface area contributed by atoms with Gasteiger partial charge in [-0.3, -0.25) is 4.98 Å². The third-order valence-corrected chi connectivity index (χ3v) is 3.63. The minimum Gasteiger partial charge on any atom is -0.487 e. The Morgan fingerprint density at radius 2 is 1.79 bits per heavy atom. The van der Waals surface area contributed by atoms with Crippen LogP contribution in [-0.2, 0) is 11.9 Å². The minimum absolute atomic E-state index is 0.511. The summed E-state index contributed by atoms with van der Waals surface area (Å²) < 4.78 is 5.93. The zero-order valence-electron chi connectivity index (χ0n) is 11.5. The highest BCUT2D eigenvalue weighted by Gasteiger charge is 2.07. The van der Waals surface area contributed by atoms with Crippen LogP contribution < -0.4 is 4.74 Å². The smallest absolute Gasteiger partial charge is 0.130 e. The maximum atomic E-state index is 5.93. The van der Waals surface area contributed by atoms with Crippen LogP contribution in [0.1, 0.15) is 28.1 Å². The minimum atomic E-state index is 0.511. The number of hydrogen-bond acceptors (Lipinski definition) is 2. The molecule has 0 saturated carbocycles. The Bertz CT molecular complexity index is 558. The number of halogens is 1. The van der Waals surface area contributed by atoms with Crippen LogP contribution in [0.2, 0.25) is 0 Å². The summed E-state index contributed by atoms with van der Waals surface area (Å²) >= 11 is 3.48. The quantitative estimate of drug-likeness (QED) is 0.775. The number of nitrogens with zero attached hydrogens (tertiary/aromatic N) is 1. The molecule has 0 N–H and O–H groups in total. The normalized spacial score (nSPS) is 10.5. The number of pyridine rings is 1. The third kappa shape index (κ3) is 3.57. The molecular formula is C16H18BrNO. The van der Waals surface area contributed by atoms with Crippen molar-refractivity contribution in [2.24, 2.45) is 0 Å². The lowest BCUT2D eigenvalue weighted by molar-refractivity contribution is 0.297. The van der Waals surface area contributed by atoms with Gasteiger partial charge in [-0.05, 0) is 49.6 Å². The summed E-state index contributed by atoms with van der Waals surface area (Å²) in [5, 5.41) is 0.869. The Labute approximate surface area is 123 Å². The molecule has 0 unspecified atom stereocenters. The first-order valence-corrected chi connectivity index (χ1v) is 7.43. The maximum Gasteiger partial charge on any atom is 0.130 e. The van der Waals surface area contributed by atoms with Gasteiger partial charge in [0.1, 0.15) is 12.4 Å². The molecule has 0 aliphatic carbocycles. The summed E-state index contributed by atoms with van der Waals surface area (Å²) in [6.45, 7) is 6.66. The third-order valence-electron chi connectivity index (χ3n) is 2.98. The van der Waals surface area contributed by atoms with Crippen molar-refractivity contribution >= 4 is 15.9 Å². The second-order valence-electron chi connectivity index (χ2n) is 4.75. The fourth-order valence-electron chi connectivity index (χ4n) is 2.17. The molecule has 1 heterocycles. The van der Waals surface area contributed by atoms with E-state index in [0.29, 0.717) is 6.61 Å². The van der Waals surface area contributed by atoms with Crippen molar-refractivity contribution in [1.29, 1.82) is 0 Å². The van der Waals surface area contributed by atoms with E-state index in [9.17, 15) is 0 Å². The molecule has 0 fully saturated rings. The number of rotatable bonds is 4. The van der Waals surface area contributed by atoms with E-state index >= 15 is 0 Å². The van der Waals surface area contributed by atoms with Crippen LogP contribution in [0, 0.1) is 20.8 Å². The van der Waals surface area contributed by atoms with Crippen molar-refractivity contribution in [2.75, 3.05) is 0 Å². The van der Waals surface area contributed by atoms with Crippen LogP contribution in [0.5, 0.6) is 5.75 Å². The Hall–Kier alpha value is -1.35. The van der Waals surface area contributed by atoms with Gasteiger partial charge in [0.05, 0.1) is 5.69 Å². The van der Waals surface area contributed by atoms with E-state index in [1.807, 2.05) is 25.1 Å². The highest BCUT2D eigenvalue weighted by Crippen LogP contribution is 2.26. The van der Waals surface area contributed by atoms with E-state index in [0.717, 1.165) is 22.5 Å². The molecule has 0 saturated heterocycles. The summed E-state index contributed by atoms with van der Waals surface area (Å²) in [4.78, 5) is 4.45. The van der Waals surface area contributed by atoms with Crippen molar-refractivity contribution in [1.82, 2.24) is 4.98 Å². The first-order chi connectivity index (χ1) is 9.10. The van der Waals surface area contributed by atoms with Crippen molar-refractivity contribution in [2.45, 2.75) is 32.7 Å². The van der Waals surface area contributed by atoms with Gasteiger partial charge in [0.15, 0.2) is 0 Å². The van der Waals surface area contributed by atoms with E-state index < -0.39 is 0 Å². The van der Waals surface area contributed by atoms with Gasteiger partial charge >= 0.3 is 0 Å². The van der Waals surface area contributed by atoms with Crippen LogP contribution >= 0.6 is 15.9 Å². The summed E-state index contributed by atoms with van der Waals surface area (Å²) in [6.07, 6.45) is 0. The SMILES string of the molecule is Cc1cccc(COc2c(C)cc(CBr)cc2C)n1. The van der Waals surface area contributed by atoms with Gasteiger partial charge in [-0.25, -0.2) is 0 Å². The average Bonchev–Trinajstić information content (AvgIpc) is 2.37. The van der Waals surface area contributed by atoms with Gasteiger partial charge in [-0.1, -0.05) is 34.1 Å². The summed E-state index contributed by atoms with van der Waals surface area (Å²) in [5.74, 6) is 0.966. The van der Waals surface area contributed by atoms with Crippen LogP contribution in [0.25, 0.3) is 0 Å². The zero-order valence-corrected chi connectivity index (χ0v) is 13.1. The van der Waals surface area contributed by atoms with E-state index in [2.05, 4.69) is 46.9 Å². The molecule has 0 aliphatic heterocycles. The average molecular weight is 320 g/mol. The molecule has 2 aromatic rings. The number of hydrogen-bond donors (Lipinski definition) is 0. The molecule has 2 nitrogen and oxygen atoms in total. The van der Waals surface area contributed by atoms with Gasteiger partial charge < -0.3 is 4.74 Å². The standard InChI is InChI=1S/C16H18BrNO/c1-11-7-14(9-17)8-12(2)16(11)19-10-15-6-4-5-13(3)18-15/h4-8H,9-10H2,1-3H3. The van der Waals surface area contributed by atoms with Gasteiger partial charge in [0, 0.05) is 11.0 Å². The predicted molar refractivity (Wildman–Crippen MR) is 81.9 cm³/mol. The lowest BCUT2D eigenvalue weighted by atomic mass is 10.1. The first-order valence-electron chi connectivity index (χ1n) is 6.31. The predicted octanol–water partition coefficient (Wildman–Crippen LogP) is 4.48. The summed E-state index contributed by atoms with van der Waals surface area (Å²) in [7, 11) is 0. The topological polar surface area (TPSA) is 22.1 Å². The van der Waals surface area contributed by atoms with E-state index in [1.54, 1.807) is 0 Å². The monoisotopic (exact) mass is 319 g/mol. The van der Waals surface area contributed by atoms with Crippen LogP contribution in [0.4, 0.5) is 0 Å². The summed E-state index contributed by atoms with van der Waals surface area (Å²) in [5.41, 5.74) is 5.59. The number of aryl methyl sites for hydroxylation is 3. The number of benzene rings is 1. The molecule has 2 rings (SSSR count). The van der Waals surface area contributed by atoms with Crippen molar-refractivity contribution in [3.05, 3.63) is 58.4 Å². The highest BCUT2D eigenvalue weighted by atomic mass is 79.9. The molecule has 100 valence electrons. The van der Waals surface area contributed by atoms with Crippen LogP contribution in [0.15, 0.2) is 30.3 Å². The van der Waals surface area contributed by atoms with Crippen LogP contribution in [0.3, 0.4) is 0 Å². The lowest BCUT2D eigenvalue weighted by Gasteiger charge is -2.13. The lowest BCUT2D eigenvalue weighted by Crippen LogP contribution is -2.02. The van der Waals surface area contributed by atoms with Gasteiger partial charge in [0.25, 0.3) is 0 Å². The van der Waals surface area contributed by atoms with Gasteiger partial charge in [0.2, 0.25) is 0 Å². The molecular weight excluding hydrogens is 302 g/mol. The van der Waals surface area contributed by atoms with Crippen molar-refractivity contribution < 1.29 is 4.74 Å². The Morgan fingerprint density at radius 3 is 2.37 bits per heavy atom. The molecule has 0 radical (unpaired) electrons. The number of ether oxygens (including phenoxy) is 1. The van der Waals surface area contributed by atoms with E-state index in [1.165, 1.54) is 16.7 Å². The first kappa shape index (κ1) is 14.1. The fraction of sp³-hybridized carbons (Fsp3) is 0.312. The number of alkyl halides is 1. The van der Waals surface area contributed by atoms with Crippen molar-refractivity contribution in [3.8, 4) is 5.75 Å². The molecule has 0 bridgehead atoms. The molecule has 0 aliphatic rings. The fourth-order valence-corrected chi connectivity index (χ4v) is 2.49. The largest absolute Gasteiger partial charge is 0.487 e. The highest BCUT2D eigenvalue weighted by molar-refractivity contribution is 9.08. The molecule has 19 heavy (non-hydrogen) atoms. The summed E-state index contributed by atoms with van der Waals surface area (Å²) in [6, 6.07) is 10.3. The van der Waals surface area contributed by atoms with Gasteiger partial charge in [-0.15, -0.1) is 0 Å². The Morgan fingerprint density at radius 1 is 1.11 bits per heavy atom. The zero-order chi connectivity index (χ0) is 13.8. The number of aromatic nitrogens is 1. The van der Waals surface area contributed by atoms with Crippen molar-refractivity contribution in [3.63, 3.8) is 0 Å². The molecule has 0 spiro atoms. The maximum absolute atomic E-state index is 5.93. The van der Waals surface area contributed by atoms with E-state index in [4.69, 9.17) is 4.74 Å². The molecule has 1 aromatic heterocycles. The molecule has 1 aromatic carbocycles. The molecule has 3 heteroatoms. The van der Waals surface area contributed by atoms with Gasteiger partial charge in [-0.2, -0.15) is 0 Å². The molecule has 0 amide bonds. The van der Waals surface area contributed by atoms with E-state index in [-0.39, 0.29) is 0 Å². The molecule has 0 atom stereocenters. The second-order valence-corrected chi connectivity index (χ2v) is 5.31. The van der Waals surface area contributed by atoms with Crippen LogP contribution in [-0.4, -0.2) is 4.98 Å². The Kier molecular flexibility index (Phi) is 4.59. The second kappa shape index (κ2) is 6.20.